The zero-order valence-corrected chi connectivity index (χ0v) is 19.2. The van der Waals surface area contributed by atoms with E-state index in [4.69, 9.17) is 4.74 Å². The summed E-state index contributed by atoms with van der Waals surface area (Å²) in [5.74, 6) is -7.12. The summed E-state index contributed by atoms with van der Waals surface area (Å²) in [6, 6.07) is 8.21. The topological polar surface area (TPSA) is 154 Å². The molecular weight excluding hydrogens is 479 g/mol. The minimum absolute atomic E-state index is 0.0717. The summed E-state index contributed by atoms with van der Waals surface area (Å²) < 4.78 is 27.1. The van der Waals surface area contributed by atoms with Gasteiger partial charge in [-0.15, -0.1) is 0 Å². The maximum Gasteiger partial charge on any atom is 0.423 e. The molecule has 0 bridgehead atoms. The fourth-order valence-electron chi connectivity index (χ4n) is 3.01. The van der Waals surface area contributed by atoms with Crippen LogP contribution < -0.4 is 15.0 Å². The number of nitrogens with zero attached hydrogens (tertiary/aromatic N) is 3. The van der Waals surface area contributed by atoms with Gasteiger partial charge in [-0.3, -0.25) is 19.5 Å². The third-order valence-corrected chi connectivity index (χ3v) is 4.81. The number of anilines is 1. The number of aromatic nitrogens is 2. The van der Waals surface area contributed by atoms with Gasteiger partial charge < -0.3 is 19.5 Å². The van der Waals surface area contributed by atoms with Crippen LogP contribution >= 0.6 is 0 Å². The Balaban J connectivity index is 2.13. The molecule has 0 saturated carbocycles. The van der Waals surface area contributed by atoms with Gasteiger partial charge >= 0.3 is 23.8 Å². The first kappa shape index (κ1) is 25.7. The van der Waals surface area contributed by atoms with Crippen molar-refractivity contribution in [2.45, 2.75) is 6.54 Å². The van der Waals surface area contributed by atoms with Crippen molar-refractivity contribution in [1.29, 1.82) is 0 Å². The molecule has 1 aromatic carbocycles. The molecule has 0 aliphatic carbocycles. The summed E-state index contributed by atoms with van der Waals surface area (Å²) in [5.41, 5.74) is -0.105. The zero-order valence-electron chi connectivity index (χ0n) is 19.2. The Bertz CT molecular complexity index is 1360. The average Bonchev–Trinajstić information content (AvgIpc) is 2.90. The van der Waals surface area contributed by atoms with Crippen LogP contribution in [-0.4, -0.2) is 61.0 Å². The van der Waals surface area contributed by atoms with E-state index < -0.39 is 47.0 Å². The normalized spacial score (nSPS) is 10.3. The van der Waals surface area contributed by atoms with Crippen molar-refractivity contribution in [3.63, 3.8) is 0 Å². The number of pyridine rings is 2. The van der Waals surface area contributed by atoms with E-state index in [2.05, 4.69) is 24.8 Å². The van der Waals surface area contributed by atoms with E-state index in [9.17, 15) is 28.4 Å². The van der Waals surface area contributed by atoms with Crippen LogP contribution in [0, 0.1) is 5.82 Å². The Kier molecular flexibility index (Phi) is 7.84. The summed E-state index contributed by atoms with van der Waals surface area (Å²) in [5, 5.41) is 2.64. The van der Waals surface area contributed by atoms with E-state index in [-0.39, 0.29) is 23.3 Å². The van der Waals surface area contributed by atoms with E-state index in [0.29, 0.717) is 5.56 Å². The first-order chi connectivity index (χ1) is 17.2. The number of amides is 2. The van der Waals surface area contributed by atoms with Crippen molar-refractivity contribution in [3.8, 4) is 5.75 Å². The zero-order chi connectivity index (χ0) is 26.4. The molecule has 36 heavy (non-hydrogen) atoms. The van der Waals surface area contributed by atoms with Gasteiger partial charge in [0.1, 0.15) is 17.2 Å². The number of benzene rings is 1. The van der Waals surface area contributed by atoms with Gasteiger partial charge in [0.15, 0.2) is 11.4 Å². The first-order valence-corrected chi connectivity index (χ1v) is 10.1. The lowest BCUT2D eigenvalue weighted by Crippen LogP contribution is -2.35. The largest absolute Gasteiger partial charge is 0.462 e. The second kappa shape index (κ2) is 11.0. The molecule has 0 saturated heterocycles. The predicted octanol–water partition coefficient (Wildman–Crippen LogP) is 0.913. The molecule has 13 heteroatoms. The third-order valence-electron chi connectivity index (χ3n) is 4.81. The van der Waals surface area contributed by atoms with Crippen LogP contribution in [0.15, 0.2) is 42.6 Å². The lowest BCUT2D eigenvalue weighted by atomic mass is 10.1. The smallest absolute Gasteiger partial charge is 0.423 e. The van der Waals surface area contributed by atoms with Crippen molar-refractivity contribution in [2.24, 2.45) is 0 Å². The SMILES string of the molecule is COC(=O)C(=O)Oc1c(C(=O)NCc2ccc(F)cc2)nc(N(C)C(=O)C(=O)OC)c2cccnc12. The van der Waals surface area contributed by atoms with Gasteiger partial charge in [-0.25, -0.2) is 23.8 Å². The molecule has 3 aromatic rings. The molecule has 0 radical (unpaired) electrons. The van der Waals surface area contributed by atoms with E-state index >= 15 is 0 Å². The number of rotatable bonds is 5. The van der Waals surface area contributed by atoms with E-state index in [1.54, 1.807) is 0 Å². The van der Waals surface area contributed by atoms with Crippen LogP contribution in [0.25, 0.3) is 10.9 Å². The number of ether oxygens (including phenoxy) is 3. The van der Waals surface area contributed by atoms with Crippen LogP contribution in [0.2, 0.25) is 0 Å². The first-order valence-electron chi connectivity index (χ1n) is 10.1. The van der Waals surface area contributed by atoms with Crippen LogP contribution in [0.5, 0.6) is 5.75 Å². The highest BCUT2D eigenvalue weighted by Crippen LogP contribution is 2.33. The summed E-state index contributed by atoms with van der Waals surface area (Å²) in [7, 11) is 3.20. The summed E-state index contributed by atoms with van der Waals surface area (Å²) >= 11 is 0. The van der Waals surface area contributed by atoms with Gasteiger partial charge in [0.05, 0.1) is 14.2 Å². The number of carbonyl (C=O) groups is 5. The Hall–Kier alpha value is -4.94. The number of esters is 3. The number of hydrogen-bond donors (Lipinski definition) is 1. The van der Waals surface area contributed by atoms with E-state index in [1.807, 2.05) is 0 Å². The Morgan fingerprint density at radius 3 is 2.28 bits per heavy atom. The molecule has 2 amide bonds. The highest BCUT2D eigenvalue weighted by atomic mass is 19.1. The van der Waals surface area contributed by atoms with Gasteiger partial charge in [-0.1, -0.05) is 12.1 Å². The number of nitrogens with one attached hydrogen (secondary N) is 1. The Morgan fingerprint density at radius 1 is 0.972 bits per heavy atom. The molecule has 0 spiro atoms. The molecule has 0 aliphatic heterocycles. The van der Waals surface area contributed by atoms with Crippen molar-refractivity contribution in [2.75, 3.05) is 26.2 Å². The van der Waals surface area contributed by atoms with Gasteiger partial charge in [0.2, 0.25) is 0 Å². The summed E-state index contributed by atoms with van der Waals surface area (Å²) in [4.78, 5) is 70.3. The standard InChI is InChI=1S/C23H19FN4O8/c1-28(20(30)21(31)34-2)18-14-5-4-10-25-15(14)17(36-23(33)22(32)35-3)16(27-18)19(29)26-11-12-6-8-13(24)9-7-12/h4-10H,11H2,1-3H3,(H,26,29). The number of halogens is 1. The number of hydrogen-bond acceptors (Lipinski definition) is 10. The van der Waals surface area contributed by atoms with Gasteiger partial charge in [0, 0.05) is 25.2 Å². The monoisotopic (exact) mass is 498 g/mol. The number of carbonyl (C=O) groups excluding carboxylic acids is 5. The predicted molar refractivity (Wildman–Crippen MR) is 120 cm³/mol. The maximum absolute atomic E-state index is 13.2. The van der Waals surface area contributed by atoms with Crippen LogP contribution in [0.4, 0.5) is 10.2 Å². The van der Waals surface area contributed by atoms with Gasteiger partial charge in [0.25, 0.3) is 5.91 Å². The van der Waals surface area contributed by atoms with Crippen molar-refractivity contribution < 1.29 is 42.6 Å². The third kappa shape index (κ3) is 5.41. The van der Waals surface area contributed by atoms with Crippen LogP contribution in [0.3, 0.4) is 0 Å². The lowest BCUT2D eigenvalue weighted by Gasteiger charge is -2.19. The molecule has 0 fully saturated rings. The molecule has 2 aromatic heterocycles. The second-order valence-electron chi connectivity index (χ2n) is 7.06. The molecule has 0 unspecified atom stereocenters. The number of methoxy groups -OCH3 is 2. The average molecular weight is 498 g/mol. The molecule has 12 nitrogen and oxygen atoms in total. The molecule has 3 rings (SSSR count). The maximum atomic E-state index is 13.2. The molecule has 0 aliphatic rings. The Labute approximate surface area is 203 Å². The molecular formula is C23H19FN4O8. The molecule has 0 atom stereocenters. The van der Waals surface area contributed by atoms with Gasteiger partial charge in [-0.2, -0.15) is 0 Å². The van der Waals surface area contributed by atoms with Crippen molar-refractivity contribution in [3.05, 3.63) is 59.7 Å². The quantitative estimate of drug-likeness (QED) is 0.397. The van der Waals surface area contributed by atoms with E-state index in [0.717, 1.165) is 19.1 Å². The van der Waals surface area contributed by atoms with Crippen LogP contribution in [-0.2, 0) is 35.2 Å². The lowest BCUT2D eigenvalue weighted by molar-refractivity contribution is -0.160. The van der Waals surface area contributed by atoms with Gasteiger partial charge in [-0.05, 0) is 29.8 Å². The summed E-state index contributed by atoms with van der Waals surface area (Å²) in [6.45, 7) is -0.0717. The fraction of sp³-hybridized carbons (Fsp3) is 0.174. The minimum atomic E-state index is -1.45. The van der Waals surface area contributed by atoms with Crippen molar-refractivity contribution in [1.82, 2.24) is 15.3 Å². The van der Waals surface area contributed by atoms with E-state index in [1.165, 1.54) is 49.6 Å². The fourth-order valence-corrected chi connectivity index (χ4v) is 3.01. The number of likely N-dealkylation sites (N-methyl/N-ethyl adjacent to an activating group) is 1. The Morgan fingerprint density at radius 2 is 1.64 bits per heavy atom. The minimum Gasteiger partial charge on any atom is -0.462 e. The molecule has 1 N–H and O–H groups in total. The second-order valence-corrected chi connectivity index (χ2v) is 7.06. The molecule has 186 valence electrons. The number of fused-ring (bicyclic) bond motifs is 1. The molecule has 2 heterocycles. The summed E-state index contributed by atoms with van der Waals surface area (Å²) in [6.07, 6.45) is 1.31. The van der Waals surface area contributed by atoms with Crippen LogP contribution in [0.1, 0.15) is 16.1 Å². The van der Waals surface area contributed by atoms with Crippen molar-refractivity contribution >= 4 is 46.4 Å². The highest BCUT2D eigenvalue weighted by Gasteiger charge is 2.30. The highest BCUT2D eigenvalue weighted by molar-refractivity contribution is 6.38.